The molecule has 1 amide bonds. The fourth-order valence-corrected chi connectivity index (χ4v) is 7.00. The summed E-state index contributed by atoms with van der Waals surface area (Å²) in [5.74, 6) is 1.13. The number of carbonyl (C=O) groups is 1. The van der Waals surface area contributed by atoms with Crippen LogP contribution in [0.1, 0.15) is 5.82 Å². The molecule has 2 aromatic carbocycles. The van der Waals surface area contributed by atoms with E-state index in [9.17, 15) is 4.79 Å². The normalized spacial score (nSPS) is 21.1. The summed E-state index contributed by atoms with van der Waals surface area (Å²) in [6, 6.07) is 15.8. The molecule has 1 saturated heterocycles. The highest BCUT2D eigenvalue weighted by Gasteiger charge is 2.36. The number of rotatable bonds is 6. The zero-order chi connectivity index (χ0) is 25.2. The summed E-state index contributed by atoms with van der Waals surface area (Å²) in [5, 5.41) is 10.6. The Hall–Kier alpha value is -2.56. The molecule has 0 N–H and O–H groups in total. The minimum Gasteiger partial charge on any atom is -0.379 e. The number of para-hydroxylation sites is 1. The predicted molar refractivity (Wildman–Crippen MR) is 149 cm³/mol. The van der Waals surface area contributed by atoms with Crippen LogP contribution in [0.3, 0.4) is 0 Å². The average molecular weight is 552 g/mol. The third-order valence-corrected chi connectivity index (χ3v) is 9.06. The summed E-state index contributed by atoms with van der Waals surface area (Å²) in [6.45, 7) is 3.79. The molecule has 6 rings (SSSR count). The minimum absolute atomic E-state index is 0.0102. The van der Waals surface area contributed by atoms with Gasteiger partial charge in [0.15, 0.2) is 11.0 Å². The highest BCUT2D eigenvalue weighted by Crippen LogP contribution is 2.43. The number of hydrogen-bond donors (Lipinski definition) is 0. The minimum atomic E-state index is -0.0102. The maximum atomic E-state index is 13.7. The van der Waals surface area contributed by atoms with Crippen molar-refractivity contribution < 1.29 is 9.53 Å². The fourth-order valence-electron chi connectivity index (χ4n) is 4.78. The first-order valence-electron chi connectivity index (χ1n) is 12.2. The van der Waals surface area contributed by atoms with Crippen molar-refractivity contribution in [2.24, 2.45) is 0 Å². The lowest BCUT2D eigenvalue weighted by molar-refractivity contribution is -0.116. The van der Waals surface area contributed by atoms with Gasteiger partial charge in [0, 0.05) is 28.7 Å². The Morgan fingerprint density at radius 3 is 2.68 bits per heavy atom. The first-order valence-corrected chi connectivity index (χ1v) is 14.5. The van der Waals surface area contributed by atoms with Crippen LogP contribution < -0.4 is 4.90 Å². The van der Waals surface area contributed by atoms with E-state index in [1.54, 1.807) is 0 Å². The zero-order valence-corrected chi connectivity index (χ0v) is 22.5. The van der Waals surface area contributed by atoms with Gasteiger partial charge in [-0.15, -0.1) is 22.0 Å². The van der Waals surface area contributed by atoms with Gasteiger partial charge in [-0.25, -0.2) is 0 Å². The molecule has 0 bridgehead atoms. The summed E-state index contributed by atoms with van der Waals surface area (Å²) in [7, 11) is 0. The van der Waals surface area contributed by atoms with E-state index in [4.69, 9.17) is 16.3 Å². The molecule has 3 heterocycles. The summed E-state index contributed by atoms with van der Waals surface area (Å²) < 4.78 is 7.54. The number of morpholine rings is 1. The van der Waals surface area contributed by atoms with Crippen LogP contribution in [0.15, 0.2) is 82.9 Å². The van der Waals surface area contributed by atoms with Gasteiger partial charge >= 0.3 is 0 Å². The van der Waals surface area contributed by atoms with Gasteiger partial charge in [-0.2, -0.15) is 0 Å². The SMILES string of the molecule is O=C(CSc1nnc(CN2CCOCC2)n1-c1ccc(Cl)cc1)N1c2ccccc2SC2C=CC=CC21. The van der Waals surface area contributed by atoms with E-state index in [1.807, 2.05) is 69.8 Å². The number of aromatic nitrogens is 3. The molecule has 0 radical (unpaired) electrons. The van der Waals surface area contributed by atoms with Gasteiger partial charge in [-0.1, -0.05) is 59.8 Å². The van der Waals surface area contributed by atoms with Crippen LogP contribution in [0.5, 0.6) is 0 Å². The lowest BCUT2D eigenvalue weighted by Crippen LogP contribution is -2.48. The third kappa shape index (κ3) is 5.24. The molecule has 1 aliphatic carbocycles. The molecule has 2 atom stereocenters. The van der Waals surface area contributed by atoms with E-state index >= 15 is 0 Å². The molecule has 3 aliphatic rings. The maximum absolute atomic E-state index is 13.7. The van der Waals surface area contributed by atoms with Crippen LogP contribution in [0, 0.1) is 0 Å². The molecule has 2 aliphatic heterocycles. The Morgan fingerprint density at radius 1 is 1.05 bits per heavy atom. The van der Waals surface area contributed by atoms with Crippen molar-refractivity contribution in [1.82, 2.24) is 19.7 Å². The van der Waals surface area contributed by atoms with Gasteiger partial charge in [0.1, 0.15) is 0 Å². The smallest absolute Gasteiger partial charge is 0.238 e. The second kappa shape index (κ2) is 11.0. The number of anilines is 1. The van der Waals surface area contributed by atoms with Crippen LogP contribution in [-0.4, -0.2) is 68.9 Å². The van der Waals surface area contributed by atoms with E-state index in [0.29, 0.717) is 29.9 Å². The summed E-state index contributed by atoms with van der Waals surface area (Å²) >= 11 is 9.39. The molecule has 37 heavy (non-hydrogen) atoms. The number of fused-ring (bicyclic) bond motifs is 2. The molecule has 1 aromatic heterocycles. The first-order chi connectivity index (χ1) is 18.2. The Kier molecular flexibility index (Phi) is 7.39. The summed E-state index contributed by atoms with van der Waals surface area (Å²) in [6.07, 6.45) is 8.38. The molecule has 10 heteroatoms. The van der Waals surface area contributed by atoms with E-state index in [0.717, 1.165) is 35.2 Å². The van der Waals surface area contributed by atoms with Crippen molar-refractivity contribution in [2.45, 2.75) is 27.9 Å². The van der Waals surface area contributed by atoms with E-state index in [2.05, 4.69) is 39.4 Å². The molecule has 190 valence electrons. The quantitative estimate of drug-likeness (QED) is 0.406. The van der Waals surface area contributed by atoms with Crippen molar-refractivity contribution in [1.29, 1.82) is 0 Å². The van der Waals surface area contributed by atoms with Gasteiger partial charge < -0.3 is 9.64 Å². The van der Waals surface area contributed by atoms with Crippen molar-refractivity contribution in [3.8, 4) is 5.69 Å². The van der Waals surface area contributed by atoms with Gasteiger partial charge in [0.25, 0.3) is 0 Å². The van der Waals surface area contributed by atoms with E-state index < -0.39 is 0 Å². The number of allylic oxidation sites excluding steroid dienone is 2. The molecule has 2 unspecified atom stereocenters. The van der Waals surface area contributed by atoms with Gasteiger partial charge in [0.05, 0.1) is 42.5 Å². The number of hydrogen-bond acceptors (Lipinski definition) is 7. The zero-order valence-electron chi connectivity index (χ0n) is 20.1. The predicted octanol–water partition coefficient (Wildman–Crippen LogP) is 4.85. The molecular weight excluding hydrogens is 526 g/mol. The van der Waals surface area contributed by atoms with Crippen molar-refractivity contribution in [2.75, 3.05) is 37.0 Å². The Morgan fingerprint density at radius 2 is 1.84 bits per heavy atom. The van der Waals surface area contributed by atoms with Crippen LogP contribution in [0.25, 0.3) is 5.69 Å². The first kappa shape index (κ1) is 24.8. The number of carbonyl (C=O) groups excluding carboxylic acids is 1. The van der Waals surface area contributed by atoms with Gasteiger partial charge in [0.2, 0.25) is 5.91 Å². The third-order valence-electron chi connectivity index (χ3n) is 6.59. The lowest BCUT2D eigenvalue weighted by atomic mass is 10.0. The number of halogens is 1. The monoisotopic (exact) mass is 551 g/mol. The largest absolute Gasteiger partial charge is 0.379 e. The van der Waals surface area contributed by atoms with E-state index in [1.165, 1.54) is 11.8 Å². The lowest BCUT2D eigenvalue weighted by Gasteiger charge is -2.40. The maximum Gasteiger partial charge on any atom is 0.238 e. The highest BCUT2D eigenvalue weighted by atomic mass is 35.5. The molecular formula is C27H26ClN5O2S2. The standard InChI is InChI=1S/C27H26ClN5O2S2/c28-19-9-11-20(12-10-19)32-25(17-31-13-15-35-16-14-31)29-30-27(32)36-18-26(34)33-21-5-1-3-7-23(21)37-24-8-4-2-6-22(24)33/h1-12,21,23H,13-18H2. The number of nitrogens with zero attached hydrogens (tertiary/aromatic N) is 5. The van der Waals surface area contributed by atoms with Crippen LogP contribution in [0.4, 0.5) is 5.69 Å². The van der Waals surface area contributed by atoms with Crippen molar-refractivity contribution >= 4 is 46.7 Å². The molecule has 0 spiro atoms. The van der Waals surface area contributed by atoms with Crippen LogP contribution in [-0.2, 0) is 16.1 Å². The molecule has 0 saturated carbocycles. The second-order valence-electron chi connectivity index (χ2n) is 8.96. The second-order valence-corrected chi connectivity index (χ2v) is 11.6. The number of thioether (sulfide) groups is 2. The van der Waals surface area contributed by atoms with Crippen molar-refractivity contribution in [3.63, 3.8) is 0 Å². The summed E-state index contributed by atoms with van der Waals surface area (Å²) in [4.78, 5) is 19.1. The van der Waals surface area contributed by atoms with Gasteiger partial charge in [-0.05, 0) is 36.4 Å². The fraction of sp³-hybridized carbons (Fsp3) is 0.296. The van der Waals surface area contributed by atoms with E-state index in [-0.39, 0.29) is 23.0 Å². The van der Waals surface area contributed by atoms with Crippen LogP contribution >= 0.6 is 35.1 Å². The molecule has 7 nitrogen and oxygen atoms in total. The Bertz CT molecular complexity index is 1340. The highest BCUT2D eigenvalue weighted by molar-refractivity contribution is 8.00. The molecule has 3 aromatic rings. The summed E-state index contributed by atoms with van der Waals surface area (Å²) in [5.41, 5.74) is 1.89. The average Bonchev–Trinajstić information content (AvgIpc) is 3.33. The Labute approximate surface area is 229 Å². The topological polar surface area (TPSA) is 63.5 Å². The number of benzene rings is 2. The van der Waals surface area contributed by atoms with Crippen LogP contribution in [0.2, 0.25) is 5.02 Å². The number of amides is 1. The van der Waals surface area contributed by atoms with Crippen molar-refractivity contribution in [3.05, 3.63) is 83.7 Å². The van der Waals surface area contributed by atoms with Gasteiger partial charge in [-0.3, -0.25) is 14.3 Å². The number of ether oxygens (including phenoxy) is 1. The Balaban J connectivity index is 1.26. The molecule has 1 fully saturated rings.